The molecule has 2 N–H and O–H groups in total. The average molecular weight is 667 g/mol. The lowest BCUT2D eigenvalue weighted by Gasteiger charge is -2.49. The van der Waals surface area contributed by atoms with Gasteiger partial charge >= 0.3 is 0 Å². The molecule has 0 bridgehead atoms. The van der Waals surface area contributed by atoms with Crippen LogP contribution < -0.4 is 10.6 Å². The van der Waals surface area contributed by atoms with E-state index in [0.717, 1.165) is 6.42 Å². The lowest BCUT2D eigenvalue weighted by Crippen LogP contribution is -2.61. The van der Waals surface area contributed by atoms with E-state index in [9.17, 15) is 0 Å². The highest BCUT2D eigenvalue weighted by Crippen LogP contribution is 2.41. The van der Waals surface area contributed by atoms with Crippen molar-refractivity contribution in [2.24, 2.45) is 0 Å². The molecule has 0 amide bonds. The number of nitrogens with zero attached hydrogens (tertiary/aromatic N) is 2. The molecule has 4 nitrogen and oxygen atoms in total. The zero-order chi connectivity index (χ0) is 34.1. The van der Waals surface area contributed by atoms with Crippen LogP contribution in [0.25, 0.3) is 39.1 Å². The Morgan fingerprint density at radius 1 is 0.647 bits per heavy atom. The minimum atomic E-state index is -0.0528. The molecule has 6 aromatic rings. The van der Waals surface area contributed by atoms with Crippen molar-refractivity contribution in [2.75, 3.05) is 7.05 Å². The van der Waals surface area contributed by atoms with Gasteiger partial charge in [-0.1, -0.05) is 128 Å². The van der Waals surface area contributed by atoms with Crippen molar-refractivity contribution in [3.8, 4) is 22.3 Å². The highest BCUT2D eigenvalue weighted by atomic mass is 15.4. The molecule has 4 heteroatoms. The number of rotatable bonds is 6. The summed E-state index contributed by atoms with van der Waals surface area (Å²) in [7, 11) is 2.29. The van der Waals surface area contributed by atoms with Gasteiger partial charge in [0.25, 0.3) is 0 Å². The summed E-state index contributed by atoms with van der Waals surface area (Å²) in [4.78, 5) is 7.45. The fraction of sp³-hybridized carbons (Fsp3) is 0.255. The summed E-state index contributed by atoms with van der Waals surface area (Å²) in [5.41, 5.74) is 11.5. The van der Waals surface area contributed by atoms with Crippen LogP contribution in [0.15, 0.2) is 140 Å². The van der Waals surface area contributed by atoms with E-state index in [4.69, 9.17) is 4.98 Å². The van der Waals surface area contributed by atoms with E-state index in [1.807, 2.05) is 6.20 Å². The van der Waals surface area contributed by atoms with Gasteiger partial charge in [-0.25, -0.2) is 0 Å². The van der Waals surface area contributed by atoms with Gasteiger partial charge in [0.15, 0.2) is 0 Å². The lowest BCUT2D eigenvalue weighted by atomic mass is 9.83. The predicted octanol–water partition coefficient (Wildman–Crippen LogP) is 11.0. The molecule has 9 rings (SSSR count). The maximum absolute atomic E-state index is 4.91. The summed E-state index contributed by atoms with van der Waals surface area (Å²) >= 11 is 0. The average Bonchev–Trinajstić information content (AvgIpc) is 3.21. The van der Waals surface area contributed by atoms with E-state index in [2.05, 4.69) is 162 Å². The molecule has 254 valence electrons. The zero-order valence-corrected chi connectivity index (χ0v) is 29.4. The van der Waals surface area contributed by atoms with Crippen molar-refractivity contribution in [3.63, 3.8) is 0 Å². The molecular weight excluding hydrogens is 621 g/mol. The number of pyridine rings is 1. The van der Waals surface area contributed by atoms with Gasteiger partial charge in [0.05, 0.1) is 18.5 Å². The smallest absolute Gasteiger partial charge is 0.0885 e. The van der Waals surface area contributed by atoms with Gasteiger partial charge in [0.1, 0.15) is 0 Å². The van der Waals surface area contributed by atoms with Crippen LogP contribution in [-0.4, -0.2) is 23.1 Å². The molecule has 4 atom stereocenters. The number of hydrogen-bond donors (Lipinski definition) is 2. The zero-order valence-electron chi connectivity index (χ0n) is 29.4. The predicted molar refractivity (Wildman–Crippen MR) is 211 cm³/mol. The maximum atomic E-state index is 4.91. The molecule has 2 fully saturated rings. The van der Waals surface area contributed by atoms with Crippen LogP contribution in [0.5, 0.6) is 0 Å². The summed E-state index contributed by atoms with van der Waals surface area (Å²) in [5, 5.41) is 10.8. The Balaban J connectivity index is 1.18. The number of benzene rings is 5. The van der Waals surface area contributed by atoms with Crippen molar-refractivity contribution < 1.29 is 0 Å². The summed E-state index contributed by atoms with van der Waals surface area (Å²) in [6.45, 7) is 0. The van der Waals surface area contributed by atoms with Crippen molar-refractivity contribution in [1.82, 2.24) is 20.5 Å². The SMILES string of the molecule is CN1C(c2cc(-c3ccccc3)cc(-c3ccnc(C4CCCCC4)c3)c2)NC(c2cccc3ccccc23)NC1C1CC=Cc2ccccc21. The van der Waals surface area contributed by atoms with Crippen LogP contribution in [0.3, 0.4) is 0 Å². The van der Waals surface area contributed by atoms with Crippen LogP contribution in [0.2, 0.25) is 0 Å². The number of nitrogens with one attached hydrogen (secondary N) is 2. The molecule has 4 unspecified atom stereocenters. The molecule has 5 aromatic carbocycles. The van der Waals surface area contributed by atoms with Gasteiger partial charge in [0.2, 0.25) is 0 Å². The molecule has 51 heavy (non-hydrogen) atoms. The molecule has 0 spiro atoms. The van der Waals surface area contributed by atoms with Gasteiger partial charge in [-0.2, -0.15) is 0 Å². The Bertz CT molecular complexity index is 2180. The Morgan fingerprint density at radius 3 is 2.27 bits per heavy atom. The summed E-state index contributed by atoms with van der Waals surface area (Å²) in [6.07, 6.45) is 14.1. The second kappa shape index (κ2) is 14.0. The molecular formula is C47H46N4. The Kier molecular flexibility index (Phi) is 8.83. The van der Waals surface area contributed by atoms with Gasteiger partial charge in [-0.05, 0) is 112 Å². The minimum Gasteiger partial charge on any atom is -0.282 e. The van der Waals surface area contributed by atoms with Crippen molar-refractivity contribution in [1.29, 1.82) is 0 Å². The maximum Gasteiger partial charge on any atom is 0.0885 e. The fourth-order valence-electron chi connectivity index (χ4n) is 8.98. The third-order valence-electron chi connectivity index (χ3n) is 11.6. The highest BCUT2D eigenvalue weighted by Gasteiger charge is 2.40. The first-order chi connectivity index (χ1) is 25.2. The molecule has 3 aliphatic rings. The Morgan fingerprint density at radius 2 is 1.39 bits per heavy atom. The monoisotopic (exact) mass is 666 g/mol. The molecule has 0 radical (unpaired) electrons. The summed E-state index contributed by atoms with van der Waals surface area (Å²) in [5.74, 6) is 0.857. The quantitative estimate of drug-likeness (QED) is 0.186. The van der Waals surface area contributed by atoms with Crippen LogP contribution in [-0.2, 0) is 0 Å². The summed E-state index contributed by atoms with van der Waals surface area (Å²) in [6, 6.07) is 47.0. The second-order valence-corrected chi connectivity index (χ2v) is 14.7. The van der Waals surface area contributed by atoms with Gasteiger partial charge in [-0.15, -0.1) is 0 Å². The van der Waals surface area contributed by atoms with E-state index in [1.165, 1.54) is 93.1 Å². The topological polar surface area (TPSA) is 40.2 Å². The summed E-state index contributed by atoms with van der Waals surface area (Å²) < 4.78 is 0. The van der Waals surface area contributed by atoms with Crippen LogP contribution >= 0.6 is 0 Å². The fourth-order valence-corrected chi connectivity index (χ4v) is 8.98. The van der Waals surface area contributed by atoms with E-state index in [-0.39, 0.29) is 18.5 Å². The molecule has 1 aromatic heterocycles. The molecule has 1 saturated carbocycles. The van der Waals surface area contributed by atoms with Crippen LogP contribution in [0.4, 0.5) is 0 Å². The van der Waals surface area contributed by atoms with E-state index in [1.54, 1.807) is 0 Å². The van der Waals surface area contributed by atoms with E-state index >= 15 is 0 Å². The first-order valence-corrected chi connectivity index (χ1v) is 18.8. The standard InChI is InChI=1S/C47H46N4/c1-51-46(39-29-37(32-14-4-2-5-15-32)28-38(30-39)36-26-27-48-44(31-36)35-18-6-3-7-19-35)49-45(42-24-12-20-33-16-8-10-22-40(33)42)50-47(51)43-25-13-21-34-17-9-11-23-41(34)43/h2,4-5,8-17,20-24,26-31,35,43,45-47,49-50H,3,6-7,18-19,25H2,1H3. The van der Waals surface area contributed by atoms with Crippen molar-refractivity contribution in [3.05, 3.63) is 168 Å². The first kappa shape index (κ1) is 32.1. The van der Waals surface area contributed by atoms with Gasteiger partial charge < -0.3 is 0 Å². The molecule has 2 aliphatic carbocycles. The number of aromatic nitrogens is 1. The van der Waals surface area contributed by atoms with Crippen LogP contribution in [0.1, 0.15) is 90.6 Å². The Labute approximate surface area is 302 Å². The largest absolute Gasteiger partial charge is 0.282 e. The van der Waals surface area contributed by atoms with Gasteiger partial charge in [0, 0.05) is 23.7 Å². The number of hydrogen-bond acceptors (Lipinski definition) is 4. The third kappa shape index (κ3) is 6.33. The highest BCUT2D eigenvalue weighted by molar-refractivity contribution is 5.86. The van der Waals surface area contributed by atoms with Crippen molar-refractivity contribution >= 4 is 16.8 Å². The second-order valence-electron chi connectivity index (χ2n) is 14.7. The lowest BCUT2D eigenvalue weighted by molar-refractivity contribution is 0.0275. The number of fused-ring (bicyclic) bond motifs is 2. The minimum absolute atomic E-state index is 0.0413. The third-order valence-corrected chi connectivity index (χ3v) is 11.6. The molecule has 2 heterocycles. The first-order valence-electron chi connectivity index (χ1n) is 18.8. The van der Waals surface area contributed by atoms with E-state index < -0.39 is 0 Å². The normalized spacial score (nSPS) is 22.5. The van der Waals surface area contributed by atoms with Gasteiger partial charge in [-0.3, -0.25) is 20.5 Å². The van der Waals surface area contributed by atoms with Crippen molar-refractivity contribution in [2.45, 2.75) is 68.9 Å². The number of allylic oxidation sites excluding steroid dienone is 1. The Hall–Kier alpha value is -4.87. The van der Waals surface area contributed by atoms with Crippen LogP contribution in [0, 0.1) is 0 Å². The molecule has 1 aliphatic heterocycles. The van der Waals surface area contributed by atoms with E-state index in [0.29, 0.717) is 11.8 Å². The number of likely N-dealkylation sites (N-methyl/N-ethyl adjacent to an activating group) is 1. The molecule has 1 saturated heterocycles.